The van der Waals surface area contributed by atoms with Gasteiger partial charge in [-0.3, -0.25) is 0 Å². The summed E-state index contributed by atoms with van der Waals surface area (Å²) >= 11 is 0. The molecule has 0 heteroatoms. The fourth-order valence-corrected chi connectivity index (χ4v) is 96.3. The largest absolute Gasteiger partial charge is 0.0616 e. The Hall–Kier alpha value is 0. The monoisotopic (exact) mass is 1170 g/mol. The second kappa shape index (κ2) is 5.10. The molecule has 0 nitrogen and oxygen atoms in total. The molecule has 0 aromatic heterocycles. The highest BCUT2D eigenvalue weighted by molar-refractivity contribution is 6.71. The van der Waals surface area contributed by atoms with Crippen molar-refractivity contribution < 1.29 is 0 Å². The van der Waals surface area contributed by atoms with E-state index in [1.165, 1.54) is 103 Å². The first-order valence-corrected chi connectivity index (χ1v) is 43.4. The maximum Gasteiger partial charge on any atom is -0.0000131 e. The molecule has 55 fully saturated rings. The van der Waals surface area contributed by atoms with Crippen LogP contribution in [0.1, 0.15) is 150 Å². The molecule has 68 atom stereocenters. The molecule has 0 aromatic carbocycles. The van der Waals surface area contributed by atoms with Gasteiger partial charge in [0.15, 0.2) is 0 Å². The summed E-state index contributed by atoms with van der Waals surface area (Å²) in [5, 5.41) is 0. The first-order chi connectivity index (χ1) is 43.4. The lowest BCUT2D eigenvalue weighted by Gasteiger charge is -3.78. The topological polar surface area (TPSA) is 0 Å². The van der Waals surface area contributed by atoms with Gasteiger partial charge in [-0.2, -0.15) is 0 Å². The van der Waals surface area contributed by atoms with Gasteiger partial charge in [-0.25, -0.2) is 0 Å². The molecule has 55 aliphatic rings. The quantitative estimate of drug-likeness (QED) is 0.227. The molecule has 0 aliphatic heterocycles. The predicted octanol–water partition coefficient (Wildman–Crippen LogP) is 13.5. The van der Waals surface area contributed by atoms with Crippen LogP contribution in [-0.2, 0) is 0 Å². The van der Waals surface area contributed by atoms with Crippen LogP contribution < -0.4 is 0 Å². The maximum atomic E-state index is 3.51. The van der Waals surface area contributed by atoms with Crippen molar-refractivity contribution in [3.05, 3.63) is 65.0 Å². The summed E-state index contributed by atoms with van der Waals surface area (Å²) < 4.78 is 0. The van der Waals surface area contributed by atoms with Crippen molar-refractivity contribution in [2.75, 3.05) is 0 Å². The van der Waals surface area contributed by atoms with E-state index in [4.69, 9.17) is 0 Å². The van der Waals surface area contributed by atoms with Gasteiger partial charge in [0.25, 0.3) is 0 Å². The number of hydrogen-bond acceptors (Lipinski definition) is 0. The Balaban J connectivity index is 0.000000918. The first kappa shape index (κ1) is 35.5. The van der Waals surface area contributed by atoms with Crippen molar-refractivity contribution >= 4 is 0 Å². The zero-order valence-corrected chi connectivity index (χ0v) is 56.2. The molecule has 91 heavy (non-hydrogen) atoms. The minimum atomic E-state index is 0.424. The van der Waals surface area contributed by atoms with E-state index in [0.717, 1.165) is 223 Å². The fraction of sp³-hybridized carbons (Fsp3) is 1.00. The summed E-state index contributed by atoms with van der Waals surface area (Å²) in [6, 6.07) is 0. The lowest BCUT2D eigenvalue weighted by Crippen LogP contribution is -3.75. The predicted molar refractivity (Wildman–Crippen MR) is 313 cm³/mol. The van der Waals surface area contributed by atoms with Gasteiger partial charge >= 0.3 is 0 Å². The zero-order chi connectivity index (χ0) is 56.2. The van der Waals surface area contributed by atoms with Crippen molar-refractivity contribution in [1.82, 2.24) is 0 Å². The Morgan fingerprint density at radius 1 is 0.187 bits per heavy atom. The minimum absolute atomic E-state index is 0.424. The molecule has 0 N–H and O–H groups in total. The van der Waals surface area contributed by atoms with Gasteiger partial charge < -0.3 is 0 Å². The summed E-state index contributed by atoms with van der Waals surface area (Å²) in [7, 11) is 0. The molecular formula is C91H76. The summed E-state index contributed by atoms with van der Waals surface area (Å²) in [5.41, 5.74) is 45.2. The SMILES string of the molecule is C1CCC1.CC1C2C3C4C5C6CC7C8C9C%10C%11C%12C%13C%14C(C)C%15(C)C%16(C)C%17(C)C%18(C)C%19(C)C(C)(C)C%20(C)C%21(C)C%22(C)C%23(C)C%24(C)C%25(C)C%26(C)C1(C)C21C32C43C54C67C85C96C%107C%118C%129C%13%10C%14%15C%16%11C%17%12C%18%13C%19%20C%21%14C%22%15C%23%16C%24%17C%25%18C%261C21C32C45C63C74C85C96C%10%11C%127C%13%14C%158C%169C%17%10C%181C23C4%10C59C678. The van der Waals surface area contributed by atoms with Crippen molar-refractivity contribution in [3.8, 4) is 0 Å². The van der Waals surface area contributed by atoms with E-state index in [0.29, 0.717) is 81.2 Å². The molecule has 0 amide bonds. The Morgan fingerprint density at radius 2 is 0.429 bits per heavy atom. The molecule has 0 bridgehead atoms. The van der Waals surface area contributed by atoms with Crippen molar-refractivity contribution in [2.24, 2.45) is 316 Å². The molecule has 0 radical (unpaired) electrons. The van der Waals surface area contributed by atoms with Gasteiger partial charge in [0, 0.05) is 0 Å². The highest BCUT2D eigenvalue weighted by Gasteiger charge is 3.84. The molecule has 40 spiro atoms. The van der Waals surface area contributed by atoms with Crippen LogP contribution in [0.25, 0.3) is 0 Å². The second-order valence-corrected chi connectivity index (χ2v) is 57.4. The molecule has 440 valence electrons. The fourth-order valence-electron chi connectivity index (χ4n) is 96.3. The molecule has 55 rings (SSSR count). The Morgan fingerprint density at radius 3 is 0.813 bits per heavy atom. The van der Waals surface area contributed by atoms with Gasteiger partial charge in [-0.1, -0.05) is 143 Å². The average Bonchev–Trinajstić information content (AvgIpc) is 0.401. The third-order valence-electron chi connectivity index (χ3n) is 77.6. The standard InChI is InChI=1S/C87H68.C4H8/c1-19-23-27-29-25-21-18-22-26-30-32-33-31-28-24-20(2)35(5)39(9)43(13)41(11)37(7)34(3,4)38(8)42(12)45(15)47(17)46(16)44(14)40(10)36(19,6)49(23)53(27)55(29)51(25)48(21,22)52(26)56(30)58(32)59(33)57(31)54(28)50(24,35)61(39)65(43)63(41)60(37,38)64(42)67(45)69(47)68(46)66(44)62(40,49)71(53)73(55)70(51,52)74(56)76(58)77(59)75(57)72(54,61)79(65)78(63,64)81(67)83(69)82(68)80(66,71)84(73,74)86(76,82)87(77,83)85(75,79)81;1-2-4-3-1/h19-33H,18H2,1-17H3;1-4H2. The molecule has 55 aliphatic carbocycles. The van der Waals surface area contributed by atoms with Crippen LogP contribution in [0.2, 0.25) is 0 Å². The average molecular weight is 1170 g/mol. The van der Waals surface area contributed by atoms with Crippen LogP contribution >= 0.6 is 0 Å². The van der Waals surface area contributed by atoms with E-state index < -0.39 is 0 Å². The van der Waals surface area contributed by atoms with E-state index in [1.807, 2.05) is 6.42 Å². The first-order valence-electron chi connectivity index (χ1n) is 43.4. The molecule has 55 saturated carbocycles. The van der Waals surface area contributed by atoms with Crippen molar-refractivity contribution in [2.45, 2.75) is 150 Å². The highest BCUT2D eigenvalue weighted by Crippen LogP contribution is 3.87. The minimum Gasteiger partial charge on any atom is -0.0616 e. The zero-order valence-electron chi connectivity index (χ0n) is 56.2. The summed E-state index contributed by atoms with van der Waals surface area (Å²) in [6.45, 7) is 56.7. The van der Waals surface area contributed by atoms with E-state index in [-0.39, 0.29) is 0 Å². The van der Waals surface area contributed by atoms with E-state index >= 15 is 0 Å². The van der Waals surface area contributed by atoms with E-state index in [1.54, 1.807) is 0 Å². The summed E-state index contributed by atoms with van der Waals surface area (Å²) in [4.78, 5) is 0. The lowest BCUT2D eigenvalue weighted by molar-refractivity contribution is -1.15. The van der Waals surface area contributed by atoms with E-state index in [9.17, 15) is 0 Å². The molecule has 68 unspecified atom stereocenters. The third-order valence-corrected chi connectivity index (χ3v) is 77.6. The van der Waals surface area contributed by atoms with Crippen molar-refractivity contribution in [3.63, 3.8) is 0 Å². The number of rotatable bonds is 0. The maximum absolute atomic E-state index is 3.51. The lowest BCUT2D eigenvalue weighted by atomic mass is 8.23. The molecule has 0 aromatic rings. The summed E-state index contributed by atoms with van der Waals surface area (Å²) in [5.74, 6) is 19.2. The van der Waals surface area contributed by atoms with Gasteiger partial charge in [0.1, 0.15) is 0 Å². The van der Waals surface area contributed by atoms with Crippen LogP contribution in [0.15, 0.2) is 0 Å². The molecular weight excluding hydrogens is 1090 g/mol. The van der Waals surface area contributed by atoms with Crippen LogP contribution in [-0.4, -0.2) is 0 Å². The number of hydrogen-bond donors (Lipinski definition) is 0. The molecule has 0 saturated heterocycles. The highest BCUT2D eigenvalue weighted by atomic mass is 15.9. The van der Waals surface area contributed by atoms with Gasteiger partial charge in [0.2, 0.25) is 0 Å². The van der Waals surface area contributed by atoms with Crippen molar-refractivity contribution in [1.29, 1.82) is 0 Å². The van der Waals surface area contributed by atoms with Gasteiger partial charge in [-0.15, -0.1) is 0 Å². The van der Waals surface area contributed by atoms with Crippen LogP contribution in [0.5, 0.6) is 0 Å². The van der Waals surface area contributed by atoms with Crippen LogP contribution in [0.4, 0.5) is 0 Å². The Labute approximate surface area is 527 Å². The Bertz CT molecular complexity index is 6380. The van der Waals surface area contributed by atoms with Crippen LogP contribution in [0.3, 0.4) is 0 Å². The normalized spacial score (nSPS) is 133. The third kappa shape index (κ3) is 0.715. The van der Waals surface area contributed by atoms with Gasteiger partial charge in [-0.05, 0) is 388 Å². The summed E-state index contributed by atoms with van der Waals surface area (Å²) in [6.07, 6.45) is 7.85. The van der Waals surface area contributed by atoms with Gasteiger partial charge in [0.05, 0.1) is 0 Å². The van der Waals surface area contributed by atoms with E-state index in [2.05, 4.69) is 118 Å². The molecule has 0 heterocycles. The number of fused-ring (bicyclic) bond motifs is 22. The second-order valence-electron chi connectivity index (χ2n) is 57.4. The Kier molecular flexibility index (Phi) is 1.99. The van der Waals surface area contributed by atoms with Crippen LogP contribution in [0, 0.1) is 381 Å². The smallest absolute Gasteiger partial charge is 0.0000131 e.